The minimum Gasteiger partial charge on any atom is -0.360 e. The molecule has 0 saturated carbocycles. The molecule has 2 amide bonds. The van der Waals surface area contributed by atoms with Crippen molar-refractivity contribution in [3.05, 3.63) is 60.4 Å². The molecule has 6 nitrogen and oxygen atoms in total. The van der Waals surface area contributed by atoms with Crippen LogP contribution >= 0.6 is 0 Å². The molecule has 0 aliphatic carbocycles. The summed E-state index contributed by atoms with van der Waals surface area (Å²) in [4.78, 5) is 24.9. The average Bonchev–Trinajstić information content (AvgIpc) is 3.16. The Hall–Kier alpha value is -3.12. The van der Waals surface area contributed by atoms with E-state index in [1.807, 2.05) is 40.4 Å². The standard InChI is InChI=1S/C24H27N5O/c1-2-18-16-26-22-8-7-21(27-23(18)22)19-5-3-6-20(13-19)29-11-4-10-28(24(29)30)12-9-17-14-25-15-17/h3-8,10,13,16-17,25-26H,2,9,11-12,14-15H2,1H3. The number of aromatic nitrogens is 2. The highest BCUT2D eigenvalue weighted by Gasteiger charge is 2.25. The first-order valence-corrected chi connectivity index (χ1v) is 10.8. The first-order chi connectivity index (χ1) is 14.7. The number of hydrogen-bond acceptors (Lipinski definition) is 3. The van der Waals surface area contributed by atoms with Gasteiger partial charge in [-0.1, -0.05) is 19.1 Å². The summed E-state index contributed by atoms with van der Waals surface area (Å²) in [5.41, 5.74) is 6.15. The molecule has 4 heterocycles. The molecule has 2 aliphatic heterocycles. The lowest BCUT2D eigenvalue weighted by Crippen LogP contribution is -2.47. The van der Waals surface area contributed by atoms with Gasteiger partial charge in [0.2, 0.25) is 0 Å². The lowest BCUT2D eigenvalue weighted by molar-refractivity contribution is 0.212. The van der Waals surface area contributed by atoms with E-state index >= 15 is 0 Å². The van der Waals surface area contributed by atoms with Crippen LogP contribution in [-0.4, -0.2) is 47.1 Å². The molecule has 30 heavy (non-hydrogen) atoms. The molecule has 154 valence electrons. The summed E-state index contributed by atoms with van der Waals surface area (Å²) in [5.74, 6) is 0.687. The Labute approximate surface area is 176 Å². The summed E-state index contributed by atoms with van der Waals surface area (Å²) in [7, 11) is 0. The van der Waals surface area contributed by atoms with E-state index < -0.39 is 0 Å². The molecule has 0 unspecified atom stereocenters. The Morgan fingerprint density at radius 3 is 2.90 bits per heavy atom. The van der Waals surface area contributed by atoms with Crippen molar-refractivity contribution in [1.29, 1.82) is 0 Å². The number of urea groups is 1. The monoisotopic (exact) mass is 401 g/mol. The zero-order valence-corrected chi connectivity index (χ0v) is 17.3. The van der Waals surface area contributed by atoms with Crippen LogP contribution in [0.4, 0.5) is 10.5 Å². The highest BCUT2D eigenvalue weighted by molar-refractivity contribution is 5.94. The molecule has 2 aromatic heterocycles. The number of pyridine rings is 1. The molecular weight excluding hydrogens is 374 g/mol. The van der Waals surface area contributed by atoms with Gasteiger partial charge in [0.15, 0.2) is 0 Å². The summed E-state index contributed by atoms with van der Waals surface area (Å²) >= 11 is 0. The molecule has 1 fully saturated rings. The molecule has 1 aromatic carbocycles. The number of amides is 2. The van der Waals surface area contributed by atoms with Gasteiger partial charge in [0.05, 0.1) is 16.7 Å². The van der Waals surface area contributed by atoms with E-state index in [0.717, 1.165) is 60.5 Å². The molecular formula is C24H27N5O. The third kappa shape index (κ3) is 3.48. The van der Waals surface area contributed by atoms with Gasteiger partial charge in [0.1, 0.15) is 0 Å². The number of carbonyl (C=O) groups excluding carboxylic acids is 1. The van der Waals surface area contributed by atoms with Gasteiger partial charge >= 0.3 is 6.03 Å². The molecule has 3 aromatic rings. The molecule has 6 heteroatoms. The average molecular weight is 402 g/mol. The quantitative estimate of drug-likeness (QED) is 0.652. The topological polar surface area (TPSA) is 64.3 Å². The summed E-state index contributed by atoms with van der Waals surface area (Å²) < 4.78 is 0. The fourth-order valence-corrected chi connectivity index (χ4v) is 4.15. The molecule has 5 rings (SSSR count). The van der Waals surface area contributed by atoms with Crippen LogP contribution in [0.1, 0.15) is 18.9 Å². The number of aromatic amines is 1. The van der Waals surface area contributed by atoms with Crippen LogP contribution in [0.3, 0.4) is 0 Å². The normalized spacial score (nSPS) is 17.0. The number of aryl methyl sites for hydroxylation is 1. The number of hydrogen-bond donors (Lipinski definition) is 2. The summed E-state index contributed by atoms with van der Waals surface area (Å²) in [6, 6.07) is 12.3. The zero-order chi connectivity index (χ0) is 20.5. The summed E-state index contributed by atoms with van der Waals surface area (Å²) in [6.07, 6.45) is 8.01. The van der Waals surface area contributed by atoms with Gasteiger partial charge in [0.25, 0.3) is 0 Å². The first kappa shape index (κ1) is 18.9. The van der Waals surface area contributed by atoms with Gasteiger partial charge < -0.3 is 15.2 Å². The maximum Gasteiger partial charge on any atom is 0.328 e. The number of H-pyrrole nitrogens is 1. The van der Waals surface area contributed by atoms with Crippen molar-refractivity contribution >= 4 is 22.8 Å². The van der Waals surface area contributed by atoms with Crippen molar-refractivity contribution < 1.29 is 4.79 Å². The number of nitrogens with zero attached hydrogens (tertiary/aromatic N) is 3. The molecule has 0 spiro atoms. The number of nitrogens with one attached hydrogen (secondary N) is 2. The van der Waals surface area contributed by atoms with E-state index in [2.05, 4.69) is 41.5 Å². The number of fused-ring (bicyclic) bond motifs is 1. The van der Waals surface area contributed by atoms with Crippen LogP contribution in [0.5, 0.6) is 0 Å². The predicted octanol–water partition coefficient (Wildman–Crippen LogP) is 4.16. The fourth-order valence-electron chi connectivity index (χ4n) is 4.15. The van der Waals surface area contributed by atoms with E-state index in [9.17, 15) is 4.79 Å². The highest BCUT2D eigenvalue weighted by Crippen LogP contribution is 2.28. The van der Waals surface area contributed by atoms with Gasteiger partial charge in [-0.2, -0.15) is 0 Å². The Morgan fingerprint density at radius 2 is 2.10 bits per heavy atom. The molecule has 0 bridgehead atoms. The third-order valence-corrected chi connectivity index (χ3v) is 6.13. The first-order valence-electron chi connectivity index (χ1n) is 10.8. The van der Waals surface area contributed by atoms with E-state index in [0.29, 0.717) is 12.5 Å². The minimum absolute atomic E-state index is 0.0456. The van der Waals surface area contributed by atoms with Crippen LogP contribution in [0.25, 0.3) is 22.3 Å². The van der Waals surface area contributed by atoms with Crippen LogP contribution < -0.4 is 10.2 Å². The predicted molar refractivity (Wildman–Crippen MR) is 120 cm³/mol. The van der Waals surface area contributed by atoms with Gasteiger partial charge in [-0.3, -0.25) is 4.90 Å². The van der Waals surface area contributed by atoms with Crippen molar-refractivity contribution in [2.24, 2.45) is 5.92 Å². The van der Waals surface area contributed by atoms with Crippen molar-refractivity contribution in [2.45, 2.75) is 19.8 Å². The van der Waals surface area contributed by atoms with Crippen LogP contribution in [0, 0.1) is 5.92 Å². The SMILES string of the molecule is CCc1c[nH]c2ccc(-c3cccc(N4CC=CN(CCC5CNC5)C4=O)c3)nc12. The molecule has 2 aliphatic rings. The van der Waals surface area contributed by atoms with Gasteiger partial charge in [-0.25, -0.2) is 9.78 Å². The van der Waals surface area contributed by atoms with Gasteiger partial charge in [0, 0.05) is 36.7 Å². The van der Waals surface area contributed by atoms with Gasteiger partial charge in [-0.05, 0) is 67.8 Å². The fraction of sp³-hybridized carbons (Fsp3) is 0.333. The second-order valence-electron chi connectivity index (χ2n) is 8.09. The number of benzene rings is 1. The number of anilines is 1. The third-order valence-electron chi connectivity index (χ3n) is 6.13. The smallest absolute Gasteiger partial charge is 0.328 e. The van der Waals surface area contributed by atoms with Crippen molar-refractivity contribution in [3.8, 4) is 11.3 Å². The van der Waals surface area contributed by atoms with Crippen LogP contribution in [-0.2, 0) is 6.42 Å². The number of carbonyl (C=O) groups is 1. The second kappa shape index (κ2) is 7.95. The molecule has 0 atom stereocenters. The lowest BCUT2D eigenvalue weighted by atomic mass is 9.99. The van der Waals surface area contributed by atoms with Crippen molar-refractivity contribution in [2.75, 3.05) is 31.1 Å². The maximum atomic E-state index is 13.1. The lowest BCUT2D eigenvalue weighted by Gasteiger charge is -2.34. The van der Waals surface area contributed by atoms with E-state index in [4.69, 9.17) is 4.98 Å². The Kier molecular flexibility index (Phi) is 5.01. The van der Waals surface area contributed by atoms with Crippen LogP contribution in [0.2, 0.25) is 0 Å². The van der Waals surface area contributed by atoms with Crippen molar-refractivity contribution in [3.63, 3.8) is 0 Å². The summed E-state index contributed by atoms with van der Waals surface area (Å²) in [5, 5.41) is 3.29. The highest BCUT2D eigenvalue weighted by atomic mass is 16.2. The van der Waals surface area contributed by atoms with Crippen molar-refractivity contribution in [1.82, 2.24) is 20.2 Å². The van der Waals surface area contributed by atoms with E-state index in [1.165, 1.54) is 5.56 Å². The molecule has 2 N–H and O–H groups in total. The molecule has 1 saturated heterocycles. The Balaban J connectivity index is 1.39. The maximum absolute atomic E-state index is 13.1. The minimum atomic E-state index is 0.0456. The molecule has 0 radical (unpaired) electrons. The summed E-state index contributed by atoms with van der Waals surface area (Å²) in [6.45, 7) is 5.63. The van der Waals surface area contributed by atoms with Gasteiger partial charge in [-0.15, -0.1) is 0 Å². The second-order valence-corrected chi connectivity index (χ2v) is 8.09. The number of rotatable bonds is 6. The van der Waals surface area contributed by atoms with E-state index in [-0.39, 0.29) is 6.03 Å². The largest absolute Gasteiger partial charge is 0.360 e. The Bertz CT molecular complexity index is 1100. The van der Waals surface area contributed by atoms with E-state index in [1.54, 1.807) is 0 Å². The zero-order valence-electron chi connectivity index (χ0n) is 17.3. The van der Waals surface area contributed by atoms with Crippen LogP contribution in [0.15, 0.2) is 54.9 Å². The Morgan fingerprint density at radius 1 is 1.20 bits per heavy atom.